The van der Waals surface area contributed by atoms with E-state index < -0.39 is 6.04 Å². The maximum absolute atomic E-state index is 13.4. The zero-order valence-electron chi connectivity index (χ0n) is 16.4. The highest BCUT2D eigenvalue weighted by Gasteiger charge is 2.42. The first-order valence-corrected chi connectivity index (χ1v) is 10.9. The lowest BCUT2D eigenvalue weighted by molar-refractivity contribution is 0.0716. The molecule has 1 aliphatic heterocycles. The van der Waals surface area contributed by atoms with Gasteiger partial charge in [-0.2, -0.15) is 0 Å². The van der Waals surface area contributed by atoms with Crippen molar-refractivity contribution in [1.82, 2.24) is 9.80 Å². The van der Waals surface area contributed by atoms with Gasteiger partial charge in [0, 0.05) is 23.0 Å². The SMILES string of the molecule is CSc1ccc(C2c3c(oc4ccc(Cl)cc4c3=O)C(=O)N2CCN(C)C)cc1. The molecule has 1 aromatic heterocycles. The minimum Gasteiger partial charge on any atom is -0.450 e. The van der Waals surface area contributed by atoms with Crippen molar-refractivity contribution in [2.45, 2.75) is 10.9 Å². The number of hydrogen-bond donors (Lipinski definition) is 0. The molecule has 5 nitrogen and oxygen atoms in total. The molecule has 0 bridgehead atoms. The van der Waals surface area contributed by atoms with E-state index in [1.807, 2.05) is 49.5 Å². The van der Waals surface area contributed by atoms with Crippen molar-refractivity contribution in [2.24, 2.45) is 0 Å². The summed E-state index contributed by atoms with van der Waals surface area (Å²) < 4.78 is 5.92. The summed E-state index contributed by atoms with van der Waals surface area (Å²) in [7, 11) is 3.91. The summed E-state index contributed by atoms with van der Waals surface area (Å²) in [5, 5.41) is 0.851. The van der Waals surface area contributed by atoms with Crippen molar-refractivity contribution in [3.8, 4) is 0 Å². The Bertz CT molecular complexity index is 1140. The third-order valence-electron chi connectivity index (χ3n) is 5.15. The Morgan fingerprint density at radius 2 is 1.86 bits per heavy atom. The quantitative estimate of drug-likeness (QED) is 0.568. The number of rotatable bonds is 5. The largest absolute Gasteiger partial charge is 0.450 e. The second-order valence-electron chi connectivity index (χ2n) is 7.29. The molecule has 0 radical (unpaired) electrons. The topological polar surface area (TPSA) is 53.8 Å². The van der Waals surface area contributed by atoms with Gasteiger partial charge >= 0.3 is 0 Å². The van der Waals surface area contributed by atoms with Crippen LogP contribution in [0.4, 0.5) is 0 Å². The van der Waals surface area contributed by atoms with E-state index in [0.717, 1.165) is 10.5 Å². The van der Waals surface area contributed by atoms with Crippen LogP contribution < -0.4 is 5.43 Å². The van der Waals surface area contributed by atoms with E-state index in [4.69, 9.17) is 16.0 Å². The van der Waals surface area contributed by atoms with E-state index in [0.29, 0.717) is 34.6 Å². The van der Waals surface area contributed by atoms with Crippen molar-refractivity contribution in [1.29, 1.82) is 0 Å². The number of nitrogens with zero attached hydrogens (tertiary/aromatic N) is 2. The summed E-state index contributed by atoms with van der Waals surface area (Å²) in [5.74, 6) is -0.128. The van der Waals surface area contributed by atoms with E-state index >= 15 is 0 Å². The van der Waals surface area contributed by atoms with Gasteiger partial charge in [0.25, 0.3) is 5.91 Å². The lowest BCUT2D eigenvalue weighted by atomic mass is 9.98. The van der Waals surface area contributed by atoms with Gasteiger partial charge in [-0.1, -0.05) is 23.7 Å². The van der Waals surface area contributed by atoms with Crippen molar-refractivity contribution >= 4 is 40.2 Å². The summed E-state index contributed by atoms with van der Waals surface area (Å²) in [6.07, 6.45) is 2.01. The smallest absolute Gasteiger partial charge is 0.290 e. The summed E-state index contributed by atoms with van der Waals surface area (Å²) in [6, 6.07) is 12.4. The van der Waals surface area contributed by atoms with Crippen molar-refractivity contribution in [2.75, 3.05) is 33.4 Å². The van der Waals surface area contributed by atoms with Crippen LogP contribution in [0.5, 0.6) is 0 Å². The van der Waals surface area contributed by atoms with E-state index in [1.165, 1.54) is 0 Å². The lowest BCUT2D eigenvalue weighted by Crippen LogP contribution is -2.35. The zero-order chi connectivity index (χ0) is 20.7. The molecule has 1 amide bonds. The average molecular weight is 429 g/mol. The maximum Gasteiger partial charge on any atom is 0.290 e. The third-order valence-corrected chi connectivity index (χ3v) is 6.13. The second-order valence-corrected chi connectivity index (χ2v) is 8.61. The molecule has 0 saturated carbocycles. The van der Waals surface area contributed by atoms with Gasteiger partial charge < -0.3 is 14.2 Å². The minimum absolute atomic E-state index is 0.127. The predicted molar refractivity (Wildman–Crippen MR) is 117 cm³/mol. The van der Waals surface area contributed by atoms with Crippen LogP contribution in [0, 0.1) is 0 Å². The van der Waals surface area contributed by atoms with Gasteiger partial charge in [0.15, 0.2) is 5.43 Å². The number of likely N-dealkylation sites (N-methyl/N-ethyl adjacent to an activating group) is 1. The number of thioether (sulfide) groups is 1. The Balaban J connectivity index is 1.92. The van der Waals surface area contributed by atoms with E-state index in [9.17, 15) is 9.59 Å². The molecule has 0 aliphatic carbocycles. The minimum atomic E-state index is -0.479. The van der Waals surface area contributed by atoms with Crippen LogP contribution >= 0.6 is 23.4 Å². The number of amides is 1. The monoisotopic (exact) mass is 428 g/mol. The molecule has 0 N–H and O–H groups in total. The van der Waals surface area contributed by atoms with Crippen LogP contribution in [0.15, 0.2) is 56.6 Å². The maximum atomic E-state index is 13.4. The van der Waals surface area contributed by atoms with Crippen LogP contribution in [-0.2, 0) is 0 Å². The summed E-state index contributed by atoms with van der Waals surface area (Å²) in [6.45, 7) is 1.17. The number of carbonyl (C=O) groups is 1. The molecule has 0 fully saturated rings. The number of hydrogen-bond acceptors (Lipinski definition) is 5. The van der Waals surface area contributed by atoms with Gasteiger partial charge in [-0.3, -0.25) is 9.59 Å². The molecule has 7 heteroatoms. The molecule has 1 aliphatic rings. The summed E-state index contributed by atoms with van der Waals surface area (Å²) in [5.41, 5.74) is 1.45. The van der Waals surface area contributed by atoms with Gasteiger partial charge in [0.1, 0.15) is 5.58 Å². The fraction of sp³-hybridized carbons (Fsp3) is 0.273. The van der Waals surface area contributed by atoms with Crippen LogP contribution in [0.25, 0.3) is 11.0 Å². The van der Waals surface area contributed by atoms with Crippen LogP contribution in [-0.4, -0.2) is 49.1 Å². The Kier molecular flexibility index (Phi) is 5.42. The Labute approximate surface area is 178 Å². The molecule has 29 heavy (non-hydrogen) atoms. The number of halogens is 1. The third kappa shape index (κ3) is 3.56. The average Bonchev–Trinajstić information content (AvgIpc) is 2.99. The first kappa shape index (κ1) is 20.0. The second kappa shape index (κ2) is 7.86. The van der Waals surface area contributed by atoms with Gasteiger partial charge in [0.05, 0.1) is 17.0 Å². The lowest BCUT2D eigenvalue weighted by Gasteiger charge is -2.26. The van der Waals surface area contributed by atoms with Gasteiger partial charge in [0.2, 0.25) is 5.76 Å². The molecule has 4 rings (SSSR count). The molecule has 1 atom stereocenters. The summed E-state index contributed by atoms with van der Waals surface area (Å²) in [4.78, 5) is 31.5. The standard InChI is InChI=1S/C22H21ClN2O3S/c1-24(2)10-11-25-19(13-4-7-15(29-3)8-5-13)18-20(26)16-12-14(23)6-9-17(16)28-21(18)22(25)27/h4-9,12,19H,10-11H2,1-3H3. The highest BCUT2D eigenvalue weighted by molar-refractivity contribution is 7.98. The van der Waals surface area contributed by atoms with E-state index in [2.05, 4.69) is 0 Å². The Morgan fingerprint density at radius 3 is 2.52 bits per heavy atom. The number of benzene rings is 2. The van der Waals surface area contributed by atoms with E-state index in [1.54, 1.807) is 34.9 Å². The normalized spacial score (nSPS) is 16.1. The molecule has 2 heterocycles. The first-order valence-electron chi connectivity index (χ1n) is 9.26. The molecular weight excluding hydrogens is 408 g/mol. The van der Waals surface area contributed by atoms with Crippen molar-refractivity contribution in [3.63, 3.8) is 0 Å². The molecule has 3 aromatic rings. The van der Waals surface area contributed by atoms with Crippen molar-refractivity contribution in [3.05, 3.63) is 74.6 Å². The van der Waals surface area contributed by atoms with Gasteiger partial charge in [-0.25, -0.2) is 0 Å². The van der Waals surface area contributed by atoms with E-state index in [-0.39, 0.29) is 17.1 Å². The highest BCUT2D eigenvalue weighted by atomic mass is 35.5. The molecule has 0 saturated heterocycles. The first-order chi connectivity index (χ1) is 13.9. The molecule has 150 valence electrons. The molecule has 2 aromatic carbocycles. The number of carbonyl (C=O) groups excluding carboxylic acids is 1. The van der Waals surface area contributed by atoms with Crippen LogP contribution in [0.3, 0.4) is 0 Å². The van der Waals surface area contributed by atoms with Crippen molar-refractivity contribution < 1.29 is 9.21 Å². The predicted octanol–water partition coefficient (Wildman–Crippen LogP) is 4.28. The Hall–Kier alpha value is -2.28. The fourth-order valence-corrected chi connectivity index (χ4v) is 4.24. The van der Waals surface area contributed by atoms with Gasteiger partial charge in [-0.15, -0.1) is 11.8 Å². The number of fused-ring (bicyclic) bond motifs is 2. The van der Waals surface area contributed by atoms with Crippen LogP contribution in [0.2, 0.25) is 5.02 Å². The molecule has 1 unspecified atom stereocenters. The molecular formula is C22H21ClN2O3S. The van der Waals surface area contributed by atoms with Crippen LogP contribution in [0.1, 0.15) is 27.7 Å². The highest BCUT2D eigenvalue weighted by Crippen LogP contribution is 2.38. The fourth-order valence-electron chi connectivity index (χ4n) is 3.66. The van der Waals surface area contributed by atoms with Gasteiger partial charge in [-0.05, 0) is 56.2 Å². The zero-order valence-corrected chi connectivity index (χ0v) is 18.0. The Morgan fingerprint density at radius 1 is 1.14 bits per heavy atom. The summed E-state index contributed by atoms with van der Waals surface area (Å²) >= 11 is 7.75. The molecule has 0 spiro atoms.